The number of likely N-dealkylation sites (tertiary alicyclic amines) is 1. The van der Waals surface area contributed by atoms with Crippen LogP contribution in [0.2, 0.25) is 0 Å². The molecule has 0 saturated carbocycles. The van der Waals surface area contributed by atoms with Crippen LogP contribution in [0.15, 0.2) is 24.4 Å². The summed E-state index contributed by atoms with van der Waals surface area (Å²) in [6.07, 6.45) is 4.90. The Bertz CT molecular complexity index is 489. The van der Waals surface area contributed by atoms with E-state index in [9.17, 15) is 4.79 Å². The number of carbonyl (C=O) groups is 1. The fraction of sp³-hybridized carbons (Fsp3) is 0.625. The maximum absolute atomic E-state index is 12.4. The number of pyridine rings is 1. The fourth-order valence-electron chi connectivity index (χ4n) is 3.05. The average Bonchev–Trinajstić information content (AvgIpc) is 3.05. The number of ether oxygens (including phenoxy) is 2. The predicted octanol–water partition coefficient (Wildman–Crippen LogP) is 0.958. The van der Waals surface area contributed by atoms with Crippen LogP contribution in [0.5, 0.6) is 5.88 Å². The van der Waals surface area contributed by atoms with E-state index in [2.05, 4.69) is 4.98 Å². The summed E-state index contributed by atoms with van der Waals surface area (Å²) in [5, 5.41) is 0. The minimum Gasteiger partial charge on any atom is -0.474 e. The van der Waals surface area contributed by atoms with E-state index in [-0.39, 0.29) is 24.2 Å². The molecule has 0 aliphatic carbocycles. The van der Waals surface area contributed by atoms with Crippen molar-refractivity contribution in [2.45, 2.75) is 44.0 Å². The molecule has 2 N–H and O–H groups in total. The molecule has 2 saturated heterocycles. The summed E-state index contributed by atoms with van der Waals surface area (Å²) >= 11 is 0. The third-order valence-electron chi connectivity index (χ3n) is 4.32. The minimum atomic E-state index is -0.304. The molecular weight excluding hydrogens is 282 g/mol. The summed E-state index contributed by atoms with van der Waals surface area (Å²) in [5.41, 5.74) is 5.59. The van der Waals surface area contributed by atoms with Gasteiger partial charge in [0.15, 0.2) is 0 Å². The number of piperidine rings is 1. The summed E-state index contributed by atoms with van der Waals surface area (Å²) in [5.74, 6) is 0.754. The molecule has 6 heteroatoms. The molecule has 0 radical (unpaired) electrons. The van der Waals surface area contributed by atoms with Crippen LogP contribution in [-0.2, 0) is 9.53 Å². The molecule has 2 atom stereocenters. The quantitative estimate of drug-likeness (QED) is 0.896. The highest BCUT2D eigenvalue weighted by Crippen LogP contribution is 2.23. The number of amides is 1. The normalized spacial score (nSPS) is 26.1. The van der Waals surface area contributed by atoms with E-state index in [4.69, 9.17) is 15.2 Å². The van der Waals surface area contributed by atoms with E-state index >= 15 is 0 Å². The molecule has 2 fully saturated rings. The SMILES string of the molecule is NC[C@H]1CC[C@@H](C(=O)N2CCC(Oc3ccccn3)CC2)O1. The van der Waals surface area contributed by atoms with E-state index in [1.54, 1.807) is 6.20 Å². The summed E-state index contributed by atoms with van der Waals surface area (Å²) < 4.78 is 11.5. The first-order valence-electron chi connectivity index (χ1n) is 7.98. The van der Waals surface area contributed by atoms with Gasteiger partial charge in [-0.05, 0) is 18.9 Å². The Balaban J connectivity index is 1.46. The highest BCUT2D eigenvalue weighted by Gasteiger charge is 2.34. The average molecular weight is 305 g/mol. The molecule has 3 heterocycles. The standard InChI is InChI=1S/C16H23N3O3/c17-11-13-4-5-14(21-13)16(20)19-9-6-12(7-10-19)22-15-3-1-2-8-18-15/h1-3,8,12-14H,4-7,9-11,17H2/t13-,14+/m1/s1. The highest BCUT2D eigenvalue weighted by atomic mass is 16.5. The summed E-state index contributed by atoms with van der Waals surface area (Å²) in [4.78, 5) is 18.5. The van der Waals surface area contributed by atoms with Gasteiger partial charge in [0.2, 0.25) is 5.88 Å². The van der Waals surface area contributed by atoms with Gasteiger partial charge in [-0.15, -0.1) is 0 Å². The first-order valence-corrected chi connectivity index (χ1v) is 7.98. The van der Waals surface area contributed by atoms with Crippen LogP contribution >= 0.6 is 0 Å². The van der Waals surface area contributed by atoms with Crippen molar-refractivity contribution in [2.24, 2.45) is 5.73 Å². The van der Waals surface area contributed by atoms with Crippen LogP contribution in [0.3, 0.4) is 0 Å². The number of nitrogens with two attached hydrogens (primary N) is 1. The highest BCUT2D eigenvalue weighted by molar-refractivity contribution is 5.81. The van der Waals surface area contributed by atoms with E-state index in [1.807, 2.05) is 23.1 Å². The van der Waals surface area contributed by atoms with Gasteiger partial charge in [-0.3, -0.25) is 4.79 Å². The van der Waals surface area contributed by atoms with Crippen molar-refractivity contribution in [1.82, 2.24) is 9.88 Å². The smallest absolute Gasteiger partial charge is 0.251 e. The molecule has 0 spiro atoms. The number of hydrogen-bond acceptors (Lipinski definition) is 5. The summed E-state index contributed by atoms with van der Waals surface area (Å²) in [6.45, 7) is 1.91. The van der Waals surface area contributed by atoms with E-state index in [1.165, 1.54) is 0 Å². The number of hydrogen-bond donors (Lipinski definition) is 1. The van der Waals surface area contributed by atoms with Crippen LogP contribution in [0, 0.1) is 0 Å². The van der Waals surface area contributed by atoms with Gasteiger partial charge in [-0.2, -0.15) is 0 Å². The van der Waals surface area contributed by atoms with Crippen LogP contribution in [0.4, 0.5) is 0 Å². The Hall–Kier alpha value is -1.66. The molecule has 3 rings (SSSR count). The second-order valence-electron chi connectivity index (χ2n) is 5.87. The number of aromatic nitrogens is 1. The topological polar surface area (TPSA) is 77.7 Å². The monoisotopic (exact) mass is 305 g/mol. The van der Waals surface area contributed by atoms with Gasteiger partial charge in [0, 0.05) is 44.7 Å². The third-order valence-corrected chi connectivity index (χ3v) is 4.32. The van der Waals surface area contributed by atoms with Crippen LogP contribution in [0.1, 0.15) is 25.7 Å². The third kappa shape index (κ3) is 3.56. The first kappa shape index (κ1) is 15.2. The second-order valence-corrected chi connectivity index (χ2v) is 5.87. The molecule has 1 amide bonds. The second kappa shape index (κ2) is 7.07. The minimum absolute atomic E-state index is 0.0407. The van der Waals surface area contributed by atoms with Gasteiger partial charge in [0.1, 0.15) is 12.2 Å². The number of carbonyl (C=O) groups excluding carboxylic acids is 1. The van der Waals surface area contributed by atoms with Gasteiger partial charge in [0.05, 0.1) is 6.10 Å². The first-order chi connectivity index (χ1) is 10.8. The van der Waals surface area contributed by atoms with Crippen molar-refractivity contribution in [3.63, 3.8) is 0 Å². The van der Waals surface area contributed by atoms with Crippen molar-refractivity contribution in [2.75, 3.05) is 19.6 Å². The molecule has 0 aromatic carbocycles. The van der Waals surface area contributed by atoms with Crippen molar-refractivity contribution in [3.8, 4) is 5.88 Å². The lowest BCUT2D eigenvalue weighted by molar-refractivity contribution is -0.144. The summed E-state index contributed by atoms with van der Waals surface area (Å²) in [7, 11) is 0. The Labute approximate surface area is 130 Å². The molecule has 1 aromatic heterocycles. The Morgan fingerprint density at radius 1 is 1.32 bits per heavy atom. The lowest BCUT2D eigenvalue weighted by atomic mass is 10.1. The lowest BCUT2D eigenvalue weighted by Crippen LogP contribution is -2.46. The largest absolute Gasteiger partial charge is 0.474 e. The van der Waals surface area contributed by atoms with E-state index < -0.39 is 0 Å². The maximum atomic E-state index is 12.4. The van der Waals surface area contributed by atoms with Crippen LogP contribution in [-0.4, -0.2) is 53.7 Å². The molecule has 22 heavy (non-hydrogen) atoms. The summed E-state index contributed by atoms with van der Waals surface area (Å²) in [6, 6.07) is 5.63. The zero-order valence-electron chi connectivity index (χ0n) is 12.7. The molecule has 1 aromatic rings. The molecule has 0 bridgehead atoms. The number of rotatable bonds is 4. The van der Waals surface area contributed by atoms with E-state index in [0.29, 0.717) is 25.5 Å². The number of nitrogens with zero attached hydrogens (tertiary/aromatic N) is 2. The van der Waals surface area contributed by atoms with Crippen molar-refractivity contribution >= 4 is 5.91 Å². The van der Waals surface area contributed by atoms with Crippen molar-refractivity contribution in [1.29, 1.82) is 0 Å². The van der Waals surface area contributed by atoms with E-state index in [0.717, 1.165) is 25.7 Å². The van der Waals surface area contributed by atoms with Crippen molar-refractivity contribution in [3.05, 3.63) is 24.4 Å². The molecule has 0 unspecified atom stereocenters. The Kier molecular flexibility index (Phi) is 4.90. The molecular formula is C16H23N3O3. The predicted molar refractivity (Wildman–Crippen MR) is 81.4 cm³/mol. The molecule has 2 aliphatic rings. The van der Waals surface area contributed by atoms with Crippen molar-refractivity contribution < 1.29 is 14.3 Å². The zero-order valence-corrected chi connectivity index (χ0v) is 12.7. The van der Waals surface area contributed by atoms with Gasteiger partial charge in [-0.25, -0.2) is 4.98 Å². The van der Waals surface area contributed by atoms with Gasteiger partial charge < -0.3 is 20.1 Å². The van der Waals surface area contributed by atoms with Gasteiger partial charge >= 0.3 is 0 Å². The van der Waals surface area contributed by atoms with Crippen LogP contribution < -0.4 is 10.5 Å². The molecule has 2 aliphatic heterocycles. The van der Waals surface area contributed by atoms with Crippen LogP contribution in [0.25, 0.3) is 0 Å². The Morgan fingerprint density at radius 2 is 2.14 bits per heavy atom. The zero-order chi connectivity index (χ0) is 15.4. The fourth-order valence-corrected chi connectivity index (χ4v) is 3.05. The maximum Gasteiger partial charge on any atom is 0.251 e. The molecule has 6 nitrogen and oxygen atoms in total. The Morgan fingerprint density at radius 3 is 2.77 bits per heavy atom. The lowest BCUT2D eigenvalue weighted by Gasteiger charge is -2.33. The van der Waals surface area contributed by atoms with Gasteiger partial charge in [-0.1, -0.05) is 6.07 Å². The molecule has 120 valence electrons. The van der Waals surface area contributed by atoms with Gasteiger partial charge in [0.25, 0.3) is 5.91 Å².